The van der Waals surface area contributed by atoms with Crippen molar-refractivity contribution in [2.45, 2.75) is 33.3 Å². The Morgan fingerprint density at radius 3 is 2.38 bits per heavy atom. The first-order valence-electron chi connectivity index (χ1n) is 9.63. The maximum absolute atomic E-state index is 13.3. The van der Waals surface area contributed by atoms with E-state index in [1.807, 2.05) is 51.1 Å². The lowest BCUT2D eigenvalue weighted by Gasteiger charge is -2.20. The molecule has 0 amide bonds. The first kappa shape index (κ1) is 18.3. The molecule has 0 bridgehead atoms. The molecule has 3 aromatic carbocycles. The topological polar surface area (TPSA) is 47.0 Å². The molecule has 0 aliphatic rings. The van der Waals surface area contributed by atoms with Crippen LogP contribution < -0.4 is 0 Å². The van der Waals surface area contributed by atoms with Gasteiger partial charge in [-0.1, -0.05) is 36.4 Å². The number of aromatic nitrogens is 2. The zero-order chi connectivity index (χ0) is 20.5. The number of rotatable bonds is 0. The van der Waals surface area contributed by atoms with Gasteiger partial charge in [-0.2, -0.15) is 0 Å². The molecule has 5 heteroatoms. The molecular formula is C24H21BrN2O2. The monoisotopic (exact) mass is 448 g/mol. The van der Waals surface area contributed by atoms with Crippen LogP contribution in [-0.2, 0) is 4.74 Å². The Labute approximate surface area is 176 Å². The fourth-order valence-electron chi connectivity index (χ4n) is 4.25. The lowest BCUT2D eigenvalue weighted by atomic mass is 10.0. The number of H-pyrrole nitrogens is 1. The number of aromatic amines is 1. The summed E-state index contributed by atoms with van der Waals surface area (Å²) in [6.45, 7) is 7.75. The summed E-state index contributed by atoms with van der Waals surface area (Å²) < 4.78 is 8.46. The summed E-state index contributed by atoms with van der Waals surface area (Å²) in [6.07, 6.45) is -0.363. The summed E-state index contributed by atoms with van der Waals surface area (Å²) in [5.41, 5.74) is 4.32. The number of halogens is 1. The summed E-state index contributed by atoms with van der Waals surface area (Å²) >= 11 is 3.84. The third-order valence-electron chi connectivity index (χ3n) is 5.33. The molecular weight excluding hydrogens is 428 g/mol. The van der Waals surface area contributed by atoms with E-state index in [1.165, 1.54) is 0 Å². The van der Waals surface area contributed by atoms with Crippen LogP contribution in [0.3, 0.4) is 0 Å². The largest absolute Gasteiger partial charge is 0.443 e. The van der Waals surface area contributed by atoms with E-state index in [2.05, 4.69) is 46.0 Å². The third kappa shape index (κ3) is 2.60. The average Bonchev–Trinajstić information content (AvgIpc) is 3.22. The van der Waals surface area contributed by atoms with E-state index < -0.39 is 5.60 Å². The molecule has 0 spiro atoms. The van der Waals surface area contributed by atoms with Crippen molar-refractivity contribution >= 4 is 65.6 Å². The van der Waals surface area contributed by atoms with Gasteiger partial charge in [0.05, 0.1) is 21.0 Å². The zero-order valence-electron chi connectivity index (χ0n) is 16.8. The quantitative estimate of drug-likeness (QED) is 0.270. The molecule has 0 unspecified atom stereocenters. The van der Waals surface area contributed by atoms with Gasteiger partial charge in [0.25, 0.3) is 0 Å². The van der Waals surface area contributed by atoms with Crippen LogP contribution in [-0.4, -0.2) is 21.2 Å². The molecule has 0 saturated heterocycles. The van der Waals surface area contributed by atoms with Crippen LogP contribution in [0, 0.1) is 6.92 Å². The van der Waals surface area contributed by atoms with E-state index in [0.29, 0.717) is 0 Å². The molecule has 0 saturated carbocycles. The molecule has 2 heterocycles. The Morgan fingerprint density at radius 1 is 1.00 bits per heavy atom. The molecule has 5 rings (SSSR count). The van der Waals surface area contributed by atoms with Crippen LogP contribution in [0.1, 0.15) is 26.3 Å². The van der Waals surface area contributed by atoms with Crippen LogP contribution in [0.2, 0.25) is 0 Å². The predicted molar refractivity (Wildman–Crippen MR) is 123 cm³/mol. The summed E-state index contributed by atoms with van der Waals surface area (Å²) in [7, 11) is 0. The number of nitrogens with zero attached hydrogens (tertiary/aromatic N) is 1. The fraction of sp³-hybridized carbons (Fsp3) is 0.208. The van der Waals surface area contributed by atoms with Gasteiger partial charge < -0.3 is 9.72 Å². The minimum atomic E-state index is -0.579. The van der Waals surface area contributed by atoms with Gasteiger partial charge in [-0.05, 0) is 61.3 Å². The number of carbonyl (C=O) groups is 1. The Bertz CT molecular complexity index is 1450. The maximum Gasteiger partial charge on any atom is 0.419 e. The summed E-state index contributed by atoms with van der Waals surface area (Å²) in [5.74, 6) is 0. The van der Waals surface area contributed by atoms with Crippen molar-refractivity contribution < 1.29 is 9.53 Å². The van der Waals surface area contributed by atoms with Crippen LogP contribution >= 0.6 is 15.9 Å². The van der Waals surface area contributed by atoms with Gasteiger partial charge in [0.2, 0.25) is 0 Å². The minimum absolute atomic E-state index is 0.363. The normalized spacial score (nSPS) is 12.4. The van der Waals surface area contributed by atoms with E-state index in [1.54, 1.807) is 4.57 Å². The van der Waals surface area contributed by atoms with Crippen molar-refractivity contribution in [3.05, 3.63) is 58.6 Å². The van der Waals surface area contributed by atoms with E-state index >= 15 is 0 Å². The van der Waals surface area contributed by atoms with Crippen molar-refractivity contribution in [2.75, 3.05) is 0 Å². The highest BCUT2D eigenvalue weighted by atomic mass is 79.9. The van der Waals surface area contributed by atoms with E-state index in [0.717, 1.165) is 53.6 Å². The number of ether oxygens (including phenoxy) is 1. The Kier molecular flexibility index (Phi) is 3.84. The number of aryl methyl sites for hydroxylation is 1. The van der Waals surface area contributed by atoms with Gasteiger partial charge in [0.1, 0.15) is 5.60 Å². The number of fused-ring (bicyclic) bond motifs is 6. The van der Waals surface area contributed by atoms with Crippen LogP contribution in [0.25, 0.3) is 43.6 Å². The van der Waals surface area contributed by atoms with Gasteiger partial charge in [-0.25, -0.2) is 9.36 Å². The van der Waals surface area contributed by atoms with Crippen molar-refractivity contribution in [2.24, 2.45) is 0 Å². The van der Waals surface area contributed by atoms with Gasteiger partial charge in [0, 0.05) is 27.1 Å². The molecule has 0 radical (unpaired) electrons. The molecule has 5 aromatic rings. The zero-order valence-corrected chi connectivity index (χ0v) is 18.3. The average molecular weight is 449 g/mol. The molecule has 1 N–H and O–H groups in total. The SMILES string of the molecule is Cc1c2c([nH]c3ccccc32)c(Br)c2c3ccccc3n(C(=O)OC(C)(C)C)c12. The van der Waals surface area contributed by atoms with E-state index in [4.69, 9.17) is 4.74 Å². The van der Waals surface area contributed by atoms with Crippen molar-refractivity contribution in [1.29, 1.82) is 0 Å². The molecule has 0 atom stereocenters. The number of benzene rings is 3. The first-order valence-corrected chi connectivity index (χ1v) is 10.4. The summed E-state index contributed by atoms with van der Waals surface area (Å²) in [5, 5.41) is 4.29. The molecule has 0 aliphatic carbocycles. The van der Waals surface area contributed by atoms with Crippen LogP contribution in [0.4, 0.5) is 4.79 Å². The predicted octanol–water partition coefficient (Wildman–Crippen LogP) is 7.28. The van der Waals surface area contributed by atoms with E-state index in [9.17, 15) is 4.79 Å². The van der Waals surface area contributed by atoms with Gasteiger partial charge in [-0.15, -0.1) is 0 Å². The molecule has 0 aliphatic heterocycles. The fourth-order valence-corrected chi connectivity index (χ4v) is 4.95. The standard InChI is InChI=1S/C24H21BrN2O2/c1-13-18-14-9-5-7-11-16(14)26-21(18)20(25)19-15-10-6-8-12-17(15)27(22(13)19)23(28)29-24(2,3)4/h5-12,26H,1-4H3. The summed E-state index contributed by atoms with van der Waals surface area (Å²) in [4.78, 5) is 16.8. The highest BCUT2D eigenvalue weighted by molar-refractivity contribution is 9.10. The number of nitrogens with one attached hydrogen (secondary N) is 1. The summed E-state index contributed by atoms with van der Waals surface area (Å²) in [6, 6.07) is 16.2. The van der Waals surface area contributed by atoms with Crippen molar-refractivity contribution in [3.8, 4) is 0 Å². The highest BCUT2D eigenvalue weighted by Crippen LogP contribution is 2.43. The molecule has 146 valence electrons. The van der Waals surface area contributed by atoms with Crippen LogP contribution in [0.15, 0.2) is 53.0 Å². The Balaban J connectivity index is 2.01. The number of hydrogen-bond donors (Lipinski definition) is 1. The second-order valence-electron chi connectivity index (χ2n) is 8.42. The molecule has 2 aromatic heterocycles. The minimum Gasteiger partial charge on any atom is -0.443 e. The van der Waals surface area contributed by atoms with Gasteiger partial charge in [-0.3, -0.25) is 0 Å². The van der Waals surface area contributed by atoms with Gasteiger partial charge >= 0.3 is 6.09 Å². The van der Waals surface area contributed by atoms with Crippen molar-refractivity contribution in [3.63, 3.8) is 0 Å². The number of hydrogen-bond acceptors (Lipinski definition) is 2. The molecule has 4 nitrogen and oxygen atoms in total. The molecule has 0 fully saturated rings. The van der Waals surface area contributed by atoms with E-state index in [-0.39, 0.29) is 6.09 Å². The van der Waals surface area contributed by atoms with Crippen molar-refractivity contribution in [1.82, 2.24) is 9.55 Å². The maximum atomic E-state index is 13.3. The highest BCUT2D eigenvalue weighted by Gasteiger charge is 2.26. The lowest BCUT2D eigenvalue weighted by molar-refractivity contribution is 0.0551. The Hall–Kier alpha value is -2.79. The number of para-hydroxylation sites is 2. The number of carbonyl (C=O) groups excluding carboxylic acids is 1. The Morgan fingerprint density at radius 2 is 1.66 bits per heavy atom. The first-order chi connectivity index (χ1) is 13.8. The second kappa shape index (κ2) is 6.10. The smallest absolute Gasteiger partial charge is 0.419 e. The van der Waals surface area contributed by atoms with Gasteiger partial charge in [0.15, 0.2) is 0 Å². The second-order valence-corrected chi connectivity index (χ2v) is 9.21. The third-order valence-corrected chi connectivity index (χ3v) is 6.12. The van der Waals surface area contributed by atoms with Crippen LogP contribution in [0.5, 0.6) is 0 Å². The molecule has 29 heavy (non-hydrogen) atoms. The lowest BCUT2D eigenvalue weighted by Crippen LogP contribution is -2.27.